The van der Waals surface area contributed by atoms with E-state index in [9.17, 15) is 5.11 Å². The second-order valence-electron chi connectivity index (χ2n) is 5.41. The number of nitrogens with one attached hydrogen (secondary N) is 1. The van der Waals surface area contributed by atoms with Gasteiger partial charge in [0.1, 0.15) is 0 Å². The van der Waals surface area contributed by atoms with E-state index in [4.69, 9.17) is 0 Å². The Morgan fingerprint density at radius 3 is 2.58 bits per heavy atom. The lowest BCUT2D eigenvalue weighted by Gasteiger charge is -2.28. The van der Waals surface area contributed by atoms with E-state index in [-0.39, 0.29) is 12.1 Å². The molecule has 2 N–H and O–H groups in total. The predicted octanol–water partition coefficient (Wildman–Crippen LogP) is 2.15. The van der Waals surface area contributed by atoms with Gasteiger partial charge in [-0.15, -0.1) is 0 Å². The highest BCUT2D eigenvalue weighted by atomic mass is 16.3. The van der Waals surface area contributed by atoms with Gasteiger partial charge in [0.2, 0.25) is 0 Å². The van der Waals surface area contributed by atoms with Crippen molar-refractivity contribution in [1.82, 2.24) is 15.1 Å². The third-order valence-corrected chi connectivity index (χ3v) is 3.69. The van der Waals surface area contributed by atoms with Crippen molar-refractivity contribution in [3.8, 4) is 0 Å². The molecule has 0 spiro atoms. The Labute approximate surface area is 117 Å². The summed E-state index contributed by atoms with van der Waals surface area (Å²) < 4.78 is 2.13. The van der Waals surface area contributed by atoms with E-state index in [1.165, 1.54) is 11.4 Å². The zero-order valence-corrected chi connectivity index (χ0v) is 12.9. The van der Waals surface area contributed by atoms with E-state index in [1.807, 2.05) is 0 Å². The molecule has 110 valence electrons. The Bertz CT molecular complexity index is 375. The van der Waals surface area contributed by atoms with Crippen molar-refractivity contribution in [3.63, 3.8) is 0 Å². The van der Waals surface area contributed by atoms with Crippen molar-refractivity contribution in [1.29, 1.82) is 0 Å². The molecular formula is C15H29N3O. The maximum atomic E-state index is 9.47. The molecule has 0 aliphatic rings. The lowest BCUT2D eigenvalue weighted by atomic mass is 9.97. The van der Waals surface area contributed by atoms with Gasteiger partial charge in [-0.3, -0.25) is 4.68 Å². The molecule has 0 amide bonds. The summed E-state index contributed by atoms with van der Waals surface area (Å²) in [6, 6.07) is 2.20. The summed E-state index contributed by atoms with van der Waals surface area (Å²) in [6.07, 6.45) is 4.01. The van der Waals surface area contributed by atoms with Crippen LogP contribution in [0.5, 0.6) is 0 Å². The van der Waals surface area contributed by atoms with Crippen LogP contribution in [0.2, 0.25) is 0 Å². The largest absolute Gasteiger partial charge is 0.394 e. The molecule has 4 heteroatoms. The highest BCUT2D eigenvalue weighted by Crippen LogP contribution is 2.14. The van der Waals surface area contributed by atoms with Gasteiger partial charge in [0, 0.05) is 17.8 Å². The van der Waals surface area contributed by atoms with Crippen LogP contribution in [0.15, 0.2) is 6.07 Å². The van der Waals surface area contributed by atoms with Gasteiger partial charge in [0.25, 0.3) is 0 Å². The third-order valence-electron chi connectivity index (χ3n) is 3.69. The minimum atomic E-state index is -0.165. The molecule has 1 heterocycles. The molecule has 1 unspecified atom stereocenters. The first kappa shape index (κ1) is 16.2. The van der Waals surface area contributed by atoms with Crippen LogP contribution < -0.4 is 5.32 Å². The maximum absolute atomic E-state index is 9.47. The number of rotatable bonds is 9. The van der Waals surface area contributed by atoms with Crippen LogP contribution in [-0.2, 0) is 19.4 Å². The Balaban J connectivity index is 2.54. The molecule has 4 nitrogen and oxygen atoms in total. The number of likely N-dealkylation sites (N-methyl/N-ethyl adjacent to an activating group) is 1. The van der Waals surface area contributed by atoms with Crippen LogP contribution in [0.3, 0.4) is 0 Å². The standard InChI is InChI=1S/C15H29N3O/c1-5-13-11-14(6-2)18(17-13)10-8-9-15(4,12-19)16-7-3/h11,16,19H,5-10,12H2,1-4H3. The molecule has 1 aromatic heterocycles. The molecule has 0 aromatic carbocycles. The SMILES string of the molecule is CCNC(C)(CO)CCCn1nc(CC)cc1CC. The summed E-state index contributed by atoms with van der Waals surface area (Å²) in [7, 11) is 0. The average Bonchev–Trinajstić information content (AvgIpc) is 2.81. The summed E-state index contributed by atoms with van der Waals surface area (Å²) in [6.45, 7) is 10.5. The number of aromatic nitrogens is 2. The Hall–Kier alpha value is -0.870. The number of aryl methyl sites for hydroxylation is 3. The van der Waals surface area contributed by atoms with Crippen LogP contribution in [0.1, 0.15) is 51.9 Å². The predicted molar refractivity (Wildman–Crippen MR) is 79.4 cm³/mol. The zero-order chi connectivity index (χ0) is 14.3. The minimum Gasteiger partial charge on any atom is -0.394 e. The van der Waals surface area contributed by atoms with E-state index >= 15 is 0 Å². The highest BCUT2D eigenvalue weighted by Gasteiger charge is 2.21. The van der Waals surface area contributed by atoms with E-state index in [0.29, 0.717) is 0 Å². The summed E-state index contributed by atoms with van der Waals surface area (Å²) in [5.41, 5.74) is 2.32. The highest BCUT2D eigenvalue weighted by molar-refractivity contribution is 5.10. The first-order valence-electron chi connectivity index (χ1n) is 7.50. The molecule has 0 aliphatic heterocycles. The molecule has 0 aliphatic carbocycles. The Morgan fingerprint density at radius 2 is 2.05 bits per heavy atom. The van der Waals surface area contributed by atoms with Crippen molar-refractivity contribution in [2.24, 2.45) is 0 Å². The number of nitrogens with zero attached hydrogens (tertiary/aromatic N) is 2. The van der Waals surface area contributed by atoms with E-state index in [0.717, 1.165) is 38.8 Å². The Kier molecular flexibility index (Phi) is 6.52. The van der Waals surface area contributed by atoms with Crippen LogP contribution in [0.4, 0.5) is 0 Å². The van der Waals surface area contributed by atoms with Crippen molar-refractivity contribution in [2.75, 3.05) is 13.2 Å². The van der Waals surface area contributed by atoms with Crippen LogP contribution >= 0.6 is 0 Å². The van der Waals surface area contributed by atoms with Crippen molar-refractivity contribution in [2.45, 2.75) is 65.5 Å². The van der Waals surface area contributed by atoms with Gasteiger partial charge in [-0.2, -0.15) is 5.10 Å². The number of hydrogen-bond donors (Lipinski definition) is 2. The zero-order valence-electron chi connectivity index (χ0n) is 12.9. The summed E-state index contributed by atoms with van der Waals surface area (Å²) in [5, 5.41) is 17.5. The van der Waals surface area contributed by atoms with Crippen molar-refractivity contribution >= 4 is 0 Å². The van der Waals surface area contributed by atoms with Gasteiger partial charge in [0.15, 0.2) is 0 Å². The van der Waals surface area contributed by atoms with Gasteiger partial charge < -0.3 is 10.4 Å². The molecule has 0 bridgehead atoms. The minimum absolute atomic E-state index is 0.165. The molecule has 1 atom stereocenters. The van der Waals surface area contributed by atoms with Crippen LogP contribution in [-0.4, -0.2) is 33.6 Å². The first-order chi connectivity index (χ1) is 9.08. The van der Waals surface area contributed by atoms with E-state index in [2.05, 4.69) is 48.9 Å². The number of aliphatic hydroxyl groups is 1. The van der Waals surface area contributed by atoms with Crippen LogP contribution in [0.25, 0.3) is 0 Å². The van der Waals surface area contributed by atoms with Gasteiger partial charge >= 0.3 is 0 Å². The molecular weight excluding hydrogens is 238 g/mol. The van der Waals surface area contributed by atoms with Crippen molar-refractivity contribution < 1.29 is 5.11 Å². The second kappa shape index (κ2) is 7.65. The van der Waals surface area contributed by atoms with Gasteiger partial charge in [-0.1, -0.05) is 20.8 Å². The third kappa shape index (κ3) is 4.62. The molecule has 0 saturated heterocycles. The first-order valence-corrected chi connectivity index (χ1v) is 7.50. The molecule has 0 fully saturated rings. The van der Waals surface area contributed by atoms with Crippen molar-refractivity contribution in [3.05, 3.63) is 17.5 Å². The number of hydrogen-bond acceptors (Lipinski definition) is 3. The topological polar surface area (TPSA) is 50.1 Å². The smallest absolute Gasteiger partial charge is 0.0624 e. The van der Waals surface area contributed by atoms with Gasteiger partial charge in [0.05, 0.1) is 12.3 Å². The summed E-state index contributed by atoms with van der Waals surface area (Å²) >= 11 is 0. The molecule has 0 saturated carbocycles. The van der Waals surface area contributed by atoms with Crippen LogP contribution in [0, 0.1) is 0 Å². The lowest BCUT2D eigenvalue weighted by molar-refractivity contribution is 0.163. The molecule has 0 radical (unpaired) electrons. The second-order valence-corrected chi connectivity index (χ2v) is 5.41. The lowest BCUT2D eigenvalue weighted by Crippen LogP contribution is -2.45. The fourth-order valence-corrected chi connectivity index (χ4v) is 2.44. The fourth-order valence-electron chi connectivity index (χ4n) is 2.44. The average molecular weight is 267 g/mol. The van der Waals surface area contributed by atoms with Gasteiger partial charge in [-0.05, 0) is 45.2 Å². The maximum Gasteiger partial charge on any atom is 0.0624 e. The molecule has 19 heavy (non-hydrogen) atoms. The summed E-state index contributed by atoms with van der Waals surface area (Å²) in [5.74, 6) is 0. The Morgan fingerprint density at radius 1 is 1.32 bits per heavy atom. The van der Waals surface area contributed by atoms with Gasteiger partial charge in [-0.25, -0.2) is 0 Å². The number of aliphatic hydroxyl groups excluding tert-OH is 1. The molecule has 1 aromatic rings. The summed E-state index contributed by atoms with van der Waals surface area (Å²) in [4.78, 5) is 0. The molecule has 1 rings (SSSR count). The normalized spacial score (nSPS) is 14.6. The fraction of sp³-hybridized carbons (Fsp3) is 0.800. The van der Waals surface area contributed by atoms with E-state index < -0.39 is 0 Å². The van der Waals surface area contributed by atoms with E-state index in [1.54, 1.807) is 0 Å². The monoisotopic (exact) mass is 267 g/mol. The quantitative estimate of drug-likeness (QED) is 0.721.